The molecule has 162 valence electrons. The summed E-state index contributed by atoms with van der Waals surface area (Å²) >= 11 is 0. The van der Waals surface area contributed by atoms with Gasteiger partial charge in [0.05, 0.1) is 18.3 Å². The Bertz CT molecular complexity index is 1390. The number of amides is 1. The van der Waals surface area contributed by atoms with Crippen molar-refractivity contribution >= 4 is 5.91 Å². The van der Waals surface area contributed by atoms with Crippen LogP contribution >= 0.6 is 0 Å². The molecule has 2 aromatic carbocycles. The van der Waals surface area contributed by atoms with Crippen LogP contribution < -0.4 is 5.32 Å². The van der Waals surface area contributed by atoms with Crippen LogP contribution in [-0.2, 0) is 6.54 Å². The Morgan fingerprint density at radius 2 is 1.76 bits per heavy atom. The van der Waals surface area contributed by atoms with Crippen LogP contribution in [0.4, 0.5) is 0 Å². The van der Waals surface area contributed by atoms with Crippen molar-refractivity contribution in [3.63, 3.8) is 0 Å². The van der Waals surface area contributed by atoms with Gasteiger partial charge in [0.2, 0.25) is 17.6 Å². The number of nitrogens with zero attached hydrogens (tertiary/aromatic N) is 4. The van der Waals surface area contributed by atoms with Gasteiger partial charge >= 0.3 is 0 Å². The number of aromatic nitrogens is 4. The lowest BCUT2D eigenvalue weighted by Gasteiger charge is -2.06. The second kappa shape index (κ2) is 8.88. The molecule has 33 heavy (non-hydrogen) atoms. The van der Waals surface area contributed by atoms with Gasteiger partial charge in [0.25, 0.3) is 5.91 Å². The summed E-state index contributed by atoms with van der Waals surface area (Å²) < 4.78 is 11.2. The smallest absolute Gasteiger partial charge is 0.252 e. The van der Waals surface area contributed by atoms with Crippen LogP contribution in [0.1, 0.15) is 21.8 Å². The van der Waals surface area contributed by atoms with E-state index in [-0.39, 0.29) is 12.5 Å². The van der Waals surface area contributed by atoms with Crippen LogP contribution in [0.3, 0.4) is 0 Å². The number of pyridine rings is 1. The van der Waals surface area contributed by atoms with Crippen molar-refractivity contribution in [3.8, 4) is 34.2 Å². The zero-order valence-corrected chi connectivity index (χ0v) is 17.7. The summed E-state index contributed by atoms with van der Waals surface area (Å²) in [7, 11) is 0. The SMILES string of the molecule is Cc1ccc(-c2cnc(-c3ccccc3C(=O)NCc3nc(-c4ccncc4)no3)o2)cc1. The first-order chi connectivity index (χ1) is 16.2. The highest BCUT2D eigenvalue weighted by atomic mass is 16.5. The predicted octanol–water partition coefficient (Wildman–Crippen LogP) is 4.69. The first kappa shape index (κ1) is 20.3. The van der Waals surface area contributed by atoms with Crippen LogP contribution in [0.2, 0.25) is 0 Å². The molecule has 0 atom stereocenters. The fraction of sp³-hybridized carbons (Fsp3) is 0.0800. The Balaban J connectivity index is 1.32. The second-order valence-electron chi connectivity index (χ2n) is 7.37. The van der Waals surface area contributed by atoms with Crippen molar-refractivity contribution in [1.29, 1.82) is 0 Å². The number of hydrogen-bond donors (Lipinski definition) is 1. The fourth-order valence-electron chi connectivity index (χ4n) is 3.31. The molecule has 0 aliphatic heterocycles. The highest BCUT2D eigenvalue weighted by Crippen LogP contribution is 2.28. The van der Waals surface area contributed by atoms with Crippen molar-refractivity contribution in [2.24, 2.45) is 0 Å². The Hall–Kier alpha value is -4.59. The molecule has 0 radical (unpaired) electrons. The number of aryl methyl sites for hydroxylation is 1. The second-order valence-corrected chi connectivity index (χ2v) is 7.37. The van der Waals surface area contributed by atoms with Crippen molar-refractivity contribution in [1.82, 2.24) is 25.4 Å². The van der Waals surface area contributed by atoms with E-state index in [4.69, 9.17) is 8.94 Å². The number of carbonyl (C=O) groups excluding carboxylic acids is 1. The van der Waals surface area contributed by atoms with E-state index in [1.165, 1.54) is 0 Å². The average molecular weight is 437 g/mol. The number of oxazole rings is 1. The quantitative estimate of drug-likeness (QED) is 0.410. The van der Waals surface area contributed by atoms with Crippen LogP contribution in [0.5, 0.6) is 0 Å². The maximum absolute atomic E-state index is 12.9. The number of hydrogen-bond acceptors (Lipinski definition) is 7. The molecule has 5 rings (SSSR count). The molecular weight excluding hydrogens is 418 g/mol. The van der Waals surface area contributed by atoms with Crippen LogP contribution in [0.25, 0.3) is 34.2 Å². The first-order valence-electron chi connectivity index (χ1n) is 10.3. The lowest BCUT2D eigenvalue weighted by Crippen LogP contribution is -2.23. The Kier molecular flexibility index (Phi) is 5.47. The fourth-order valence-corrected chi connectivity index (χ4v) is 3.31. The molecule has 0 spiro atoms. The number of carbonyl (C=O) groups is 1. The molecule has 1 amide bonds. The third-order valence-electron chi connectivity index (χ3n) is 5.05. The molecule has 0 bridgehead atoms. The molecular formula is C25H19N5O3. The largest absolute Gasteiger partial charge is 0.436 e. The molecule has 0 saturated heterocycles. The Labute approximate surface area is 189 Å². The van der Waals surface area contributed by atoms with Crippen molar-refractivity contribution in [2.75, 3.05) is 0 Å². The third kappa shape index (κ3) is 4.40. The molecule has 0 saturated carbocycles. The van der Waals surface area contributed by atoms with Gasteiger partial charge in [-0.1, -0.05) is 47.1 Å². The summed E-state index contributed by atoms with van der Waals surface area (Å²) in [5, 5.41) is 6.77. The van der Waals surface area contributed by atoms with Crippen LogP contribution in [-0.4, -0.2) is 26.0 Å². The minimum atomic E-state index is -0.302. The highest BCUT2D eigenvalue weighted by Gasteiger charge is 2.18. The molecule has 0 fully saturated rings. The van der Waals surface area contributed by atoms with Crippen molar-refractivity contribution in [2.45, 2.75) is 13.5 Å². The van der Waals surface area contributed by atoms with E-state index in [2.05, 4.69) is 25.4 Å². The van der Waals surface area contributed by atoms with Gasteiger partial charge in [-0.3, -0.25) is 9.78 Å². The van der Waals surface area contributed by atoms with Gasteiger partial charge in [0.1, 0.15) is 0 Å². The van der Waals surface area contributed by atoms with E-state index in [1.54, 1.807) is 48.9 Å². The van der Waals surface area contributed by atoms with Crippen molar-refractivity contribution < 1.29 is 13.7 Å². The minimum absolute atomic E-state index is 0.0887. The zero-order valence-electron chi connectivity index (χ0n) is 17.7. The van der Waals surface area contributed by atoms with Gasteiger partial charge in [-0.05, 0) is 31.2 Å². The molecule has 8 nitrogen and oxygen atoms in total. The zero-order chi connectivity index (χ0) is 22.6. The lowest BCUT2D eigenvalue weighted by atomic mass is 10.1. The molecule has 5 aromatic rings. The van der Waals surface area contributed by atoms with Gasteiger partial charge in [0.15, 0.2) is 5.76 Å². The molecule has 0 aliphatic carbocycles. The van der Waals surface area contributed by atoms with Gasteiger partial charge < -0.3 is 14.3 Å². The third-order valence-corrected chi connectivity index (χ3v) is 5.05. The van der Waals surface area contributed by atoms with Gasteiger partial charge in [-0.2, -0.15) is 4.98 Å². The van der Waals surface area contributed by atoms with Gasteiger partial charge in [-0.15, -0.1) is 0 Å². The van der Waals surface area contributed by atoms with Crippen molar-refractivity contribution in [3.05, 3.63) is 96.3 Å². The maximum Gasteiger partial charge on any atom is 0.252 e. The molecule has 0 aliphatic rings. The highest BCUT2D eigenvalue weighted by molar-refractivity contribution is 5.99. The number of benzene rings is 2. The minimum Gasteiger partial charge on any atom is -0.436 e. The summed E-state index contributed by atoms with van der Waals surface area (Å²) in [6.45, 7) is 2.12. The normalized spacial score (nSPS) is 10.8. The standard InChI is InChI=1S/C25H19N5O3/c1-16-6-8-17(9-7-16)21-14-28-25(32-21)20-5-3-2-4-19(20)24(31)27-15-22-29-23(30-33-22)18-10-12-26-13-11-18/h2-14H,15H2,1H3,(H,27,31). The lowest BCUT2D eigenvalue weighted by molar-refractivity contribution is 0.0946. The summed E-state index contributed by atoms with van der Waals surface area (Å²) in [5.41, 5.74) is 3.89. The Morgan fingerprint density at radius 1 is 0.970 bits per heavy atom. The molecule has 0 unspecified atom stereocenters. The molecule has 3 heterocycles. The first-order valence-corrected chi connectivity index (χ1v) is 10.3. The van der Waals surface area contributed by atoms with E-state index >= 15 is 0 Å². The summed E-state index contributed by atoms with van der Waals surface area (Å²) in [6, 6.07) is 18.7. The van der Waals surface area contributed by atoms with Gasteiger partial charge in [-0.25, -0.2) is 4.98 Å². The topological polar surface area (TPSA) is 107 Å². The van der Waals surface area contributed by atoms with E-state index in [0.29, 0.717) is 34.5 Å². The van der Waals surface area contributed by atoms with E-state index in [1.807, 2.05) is 37.3 Å². The average Bonchev–Trinajstić information content (AvgIpc) is 3.54. The van der Waals surface area contributed by atoms with E-state index in [0.717, 1.165) is 16.7 Å². The summed E-state index contributed by atoms with van der Waals surface area (Å²) in [6.07, 6.45) is 4.96. The van der Waals surface area contributed by atoms with E-state index < -0.39 is 0 Å². The van der Waals surface area contributed by atoms with Gasteiger partial charge in [0, 0.05) is 29.1 Å². The Morgan fingerprint density at radius 3 is 2.58 bits per heavy atom. The summed E-state index contributed by atoms with van der Waals surface area (Å²) in [4.78, 5) is 25.6. The van der Waals surface area contributed by atoms with Crippen LogP contribution in [0.15, 0.2) is 88.2 Å². The van der Waals surface area contributed by atoms with Crippen LogP contribution in [0, 0.1) is 6.92 Å². The maximum atomic E-state index is 12.9. The molecule has 1 N–H and O–H groups in total. The number of nitrogens with one attached hydrogen (secondary N) is 1. The monoisotopic (exact) mass is 437 g/mol. The predicted molar refractivity (Wildman–Crippen MR) is 121 cm³/mol. The molecule has 3 aromatic heterocycles. The molecule has 8 heteroatoms. The summed E-state index contributed by atoms with van der Waals surface area (Å²) in [5.74, 6) is 1.43. The van der Waals surface area contributed by atoms with E-state index in [9.17, 15) is 4.79 Å². The number of rotatable bonds is 6.